The number of nitrogens with two attached hydrogens (primary N) is 1. The molecule has 0 aliphatic heterocycles. The van der Waals surface area contributed by atoms with E-state index in [1.165, 1.54) is 0 Å². The number of nitrogens with zero attached hydrogens (tertiary/aromatic N) is 3. The Morgan fingerprint density at radius 3 is 2.79 bits per heavy atom. The molecule has 0 aromatic carbocycles. The Labute approximate surface area is 118 Å². The van der Waals surface area contributed by atoms with Gasteiger partial charge in [0.05, 0.1) is 5.69 Å². The van der Waals surface area contributed by atoms with E-state index in [9.17, 15) is 0 Å². The van der Waals surface area contributed by atoms with Crippen molar-refractivity contribution >= 4 is 28.7 Å². The van der Waals surface area contributed by atoms with Gasteiger partial charge in [0.25, 0.3) is 0 Å². The molecule has 0 radical (unpaired) electrons. The third-order valence-corrected chi connectivity index (χ3v) is 3.60. The van der Waals surface area contributed by atoms with Crippen LogP contribution in [-0.4, -0.2) is 21.3 Å². The van der Waals surface area contributed by atoms with Crippen molar-refractivity contribution in [2.24, 2.45) is 18.7 Å². The number of halogens is 1. The highest BCUT2D eigenvalue weighted by Gasteiger charge is 2.11. The van der Waals surface area contributed by atoms with Crippen molar-refractivity contribution in [2.45, 2.75) is 20.8 Å². The van der Waals surface area contributed by atoms with Gasteiger partial charge in [-0.1, -0.05) is 37.1 Å². The van der Waals surface area contributed by atoms with Gasteiger partial charge in [-0.2, -0.15) is 5.10 Å². The van der Waals surface area contributed by atoms with Crippen LogP contribution in [0.4, 0.5) is 0 Å². The lowest BCUT2D eigenvalue weighted by Gasteiger charge is -2.09. The van der Waals surface area contributed by atoms with Gasteiger partial charge >= 0.3 is 0 Å². The van der Waals surface area contributed by atoms with Gasteiger partial charge in [-0.3, -0.25) is 4.68 Å². The molecule has 2 rings (SSSR count). The Morgan fingerprint density at radius 2 is 2.21 bits per heavy atom. The number of rotatable bonds is 3. The zero-order valence-electron chi connectivity index (χ0n) is 11.7. The van der Waals surface area contributed by atoms with Gasteiger partial charge in [-0.15, -0.1) is 0 Å². The van der Waals surface area contributed by atoms with Crippen LogP contribution in [0.5, 0.6) is 0 Å². The fourth-order valence-corrected chi connectivity index (χ4v) is 2.29. The number of aromatic nitrogens is 3. The van der Waals surface area contributed by atoms with Crippen molar-refractivity contribution in [2.75, 3.05) is 6.54 Å². The zero-order valence-corrected chi connectivity index (χ0v) is 12.5. The van der Waals surface area contributed by atoms with Gasteiger partial charge < -0.3 is 5.73 Å². The molecule has 19 heavy (non-hydrogen) atoms. The summed E-state index contributed by atoms with van der Waals surface area (Å²) in [6, 6.07) is 2.03. The van der Waals surface area contributed by atoms with E-state index in [4.69, 9.17) is 17.3 Å². The Kier molecular flexibility index (Phi) is 3.92. The number of pyridine rings is 1. The molecular weight excluding hydrogens is 260 g/mol. The van der Waals surface area contributed by atoms with Crippen molar-refractivity contribution in [3.63, 3.8) is 0 Å². The smallest absolute Gasteiger partial charge is 0.159 e. The standard InChI is InChI=1S/C14H19ClN4/c1-8(2)11(7-16)5-10-6-12-9(3)18-19(4)14(12)17-13(10)15/h5-6,8H,7,16H2,1-4H3. The van der Waals surface area contributed by atoms with Gasteiger partial charge in [0.15, 0.2) is 5.65 Å². The fraction of sp³-hybridized carbons (Fsp3) is 0.429. The molecule has 0 aliphatic rings. The predicted molar refractivity (Wildman–Crippen MR) is 80.1 cm³/mol. The molecule has 0 unspecified atom stereocenters. The maximum atomic E-state index is 6.25. The van der Waals surface area contributed by atoms with E-state index in [0.717, 1.165) is 27.9 Å². The molecule has 0 atom stereocenters. The van der Waals surface area contributed by atoms with Gasteiger partial charge in [-0.05, 0) is 18.9 Å². The second kappa shape index (κ2) is 5.31. The minimum absolute atomic E-state index is 0.395. The molecule has 0 saturated heterocycles. The second-order valence-electron chi connectivity index (χ2n) is 5.03. The van der Waals surface area contributed by atoms with Crippen LogP contribution < -0.4 is 5.73 Å². The summed E-state index contributed by atoms with van der Waals surface area (Å²) in [5.74, 6) is 0.395. The number of fused-ring (bicyclic) bond motifs is 1. The number of aryl methyl sites for hydroxylation is 2. The summed E-state index contributed by atoms with van der Waals surface area (Å²) in [4.78, 5) is 4.42. The van der Waals surface area contributed by atoms with Gasteiger partial charge in [0, 0.05) is 24.5 Å². The van der Waals surface area contributed by atoms with Crippen LogP contribution in [-0.2, 0) is 7.05 Å². The maximum absolute atomic E-state index is 6.25. The Hall–Kier alpha value is -1.39. The van der Waals surface area contributed by atoms with E-state index < -0.39 is 0 Å². The lowest BCUT2D eigenvalue weighted by Crippen LogP contribution is -2.08. The van der Waals surface area contributed by atoms with Crippen molar-refractivity contribution in [1.29, 1.82) is 0 Å². The minimum Gasteiger partial charge on any atom is -0.327 e. The summed E-state index contributed by atoms with van der Waals surface area (Å²) in [7, 11) is 1.87. The highest BCUT2D eigenvalue weighted by atomic mass is 35.5. The molecule has 2 heterocycles. The number of hydrogen-bond donors (Lipinski definition) is 1. The van der Waals surface area contributed by atoms with Crippen molar-refractivity contribution in [3.05, 3.63) is 28.0 Å². The summed E-state index contributed by atoms with van der Waals surface area (Å²) >= 11 is 6.25. The molecule has 0 spiro atoms. The van der Waals surface area contributed by atoms with E-state index in [-0.39, 0.29) is 0 Å². The van der Waals surface area contributed by atoms with E-state index in [1.54, 1.807) is 4.68 Å². The van der Waals surface area contributed by atoms with Gasteiger partial charge in [-0.25, -0.2) is 4.98 Å². The highest BCUT2D eigenvalue weighted by Crippen LogP contribution is 2.25. The SMILES string of the molecule is Cc1nn(C)c2nc(Cl)c(C=C(CN)C(C)C)cc12. The van der Waals surface area contributed by atoms with Crippen LogP contribution in [0.15, 0.2) is 11.6 Å². The first kappa shape index (κ1) is 14.0. The maximum Gasteiger partial charge on any atom is 0.159 e. The molecule has 5 heteroatoms. The summed E-state index contributed by atoms with van der Waals surface area (Å²) in [6.07, 6.45) is 2.03. The predicted octanol–water partition coefficient (Wildman–Crippen LogP) is 2.93. The van der Waals surface area contributed by atoms with E-state index >= 15 is 0 Å². The topological polar surface area (TPSA) is 56.7 Å². The minimum atomic E-state index is 0.395. The monoisotopic (exact) mass is 278 g/mol. The van der Waals surface area contributed by atoms with Crippen LogP contribution in [0.25, 0.3) is 17.1 Å². The second-order valence-corrected chi connectivity index (χ2v) is 5.38. The first-order chi connectivity index (χ1) is 8.93. The summed E-state index contributed by atoms with van der Waals surface area (Å²) in [5.41, 5.74) is 9.59. The van der Waals surface area contributed by atoms with Crippen molar-refractivity contribution in [1.82, 2.24) is 14.8 Å². The lowest BCUT2D eigenvalue weighted by atomic mass is 10.0. The molecule has 4 nitrogen and oxygen atoms in total. The average molecular weight is 279 g/mol. The summed E-state index contributed by atoms with van der Waals surface area (Å²) < 4.78 is 1.75. The van der Waals surface area contributed by atoms with E-state index in [0.29, 0.717) is 17.6 Å². The molecule has 0 amide bonds. The van der Waals surface area contributed by atoms with E-state index in [2.05, 4.69) is 23.9 Å². The Bertz CT molecular complexity index is 640. The molecule has 2 aromatic heterocycles. The molecule has 2 N–H and O–H groups in total. The third-order valence-electron chi connectivity index (χ3n) is 3.30. The van der Waals surface area contributed by atoms with Crippen LogP contribution in [0.1, 0.15) is 25.1 Å². The van der Waals surface area contributed by atoms with Crippen LogP contribution in [0.3, 0.4) is 0 Å². The Morgan fingerprint density at radius 1 is 1.53 bits per heavy atom. The fourth-order valence-electron chi connectivity index (χ4n) is 2.10. The normalized spacial score (nSPS) is 12.7. The van der Waals surface area contributed by atoms with Crippen LogP contribution in [0, 0.1) is 12.8 Å². The van der Waals surface area contributed by atoms with Crippen molar-refractivity contribution < 1.29 is 0 Å². The summed E-state index contributed by atoms with van der Waals surface area (Å²) in [6.45, 7) is 6.73. The van der Waals surface area contributed by atoms with Crippen LogP contribution >= 0.6 is 11.6 Å². The van der Waals surface area contributed by atoms with Gasteiger partial charge in [0.2, 0.25) is 0 Å². The van der Waals surface area contributed by atoms with Crippen molar-refractivity contribution in [3.8, 4) is 0 Å². The summed E-state index contributed by atoms with van der Waals surface area (Å²) in [5, 5.41) is 5.87. The zero-order chi connectivity index (χ0) is 14.2. The quantitative estimate of drug-likeness (QED) is 0.878. The molecule has 0 aliphatic carbocycles. The molecule has 0 fully saturated rings. The molecular formula is C14H19ClN4. The van der Waals surface area contributed by atoms with E-state index in [1.807, 2.05) is 26.1 Å². The molecule has 102 valence electrons. The molecule has 0 saturated carbocycles. The number of hydrogen-bond acceptors (Lipinski definition) is 3. The third kappa shape index (κ3) is 2.65. The molecule has 2 aromatic rings. The highest BCUT2D eigenvalue weighted by molar-refractivity contribution is 6.31. The average Bonchev–Trinajstić information content (AvgIpc) is 2.61. The van der Waals surface area contributed by atoms with Gasteiger partial charge in [0.1, 0.15) is 5.15 Å². The Balaban J connectivity index is 2.61. The first-order valence-corrected chi connectivity index (χ1v) is 6.72. The largest absolute Gasteiger partial charge is 0.327 e. The lowest BCUT2D eigenvalue weighted by molar-refractivity contribution is 0.752. The van der Waals surface area contributed by atoms with Crippen LogP contribution in [0.2, 0.25) is 5.15 Å². The molecule has 0 bridgehead atoms. The first-order valence-electron chi connectivity index (χ1n) is 6.34.